The number of nitriles is 1. The molecule has 20 heavy (non-hydrogen) atoms. The Morgan fingerprint density at radius 2 is 2.35 bits per heavy atom. The molecule has 0 radical (unpaired) electrons. The third kappa shape index (κ3) is 3.96. The Bertz CT molecular complexity index is 547. The summed E-state index contributed by atoms with van der Waals surface area (Å²) in [4.78, 5) is 14.4. The zero-order valence-corrected chi connectivity index (χ0v) is 11.7. The van der Waals surface area contributed by atoms with Crippen LogP contribution in [0.5, 0.6) is 0 Å². The molecule has 0 aliphatic carbocycles. The number of carbonyl (C=O) groups is 1. The number of hydrogen-bond acceptors (Lipinski definition) is 4. The minimum Gasteiger partial charge on any atom is -0.465 e. The average molecular weight is 301 g/mol. The summed E-state index contributed by atoms with van der Waals surface area (Å²) in [6, 6.07) is 1.89. The van der Waals surface area contributed by atoms with Crippen LogP contribution in [0.2, 0.25) is 5.15 Å². The minimum atomic E-state index is -1.16. The molecule has 0 saturated heterocycles. The fourth-order valence-electron chi connectivity index (χ4n) is 1.70. The van der Waals surface area contributed by atoms with Crippen molar-refractivity contribution in [2.45, 2.75) is 32.4 Å². The van der Waals surface area contributed by atoms with E-state index < -0.39 is 24.0 Å². The van der Waals surface area contributed by atoms with E-state index in [1.807, 2.05) is 0 Å². The van der Waals surface area contributed by atoms with Crippen molar-refractivity contribution in [3.05, 3.63) is 22.6 Å². The molecule has 1 rings (SSSR count). The molecule has 0 aromatic carbocycles. The minimum absolute atomic E-state index is 0.0573. The first-order valence-electron chi connectivity index (χ1n) is 5.91. The van der Waals surface area contributed by atoms with E-state index in [9.17, 15) is 9.18 Å². The standard InChI is InChI=1S/C12H14ClFN4O2/c1-3-9(17-12(19)20)6(2)16-11-8(14)4-7(5-15)10(13)18-11/h4,6,9,17H,3H2,1-2H3,(H,16,18)(H,19,20)/t6-,9+/m1/s1. The molecule has 8 heteroatoms. The molecule has 1 aromatic rings. The molecule has 108 valence electrons. The molecule has 1 amide bonds. The van der Waals surface area contributed by atoms with Gasteiger partial charge in [0.15, 0.2) is 11.6 Å². The van der Waals surface area contributed by atoms with Crippen molar-refractivity contribution in [2.75, 3.05) is 5.32 Å². The fourth-order valence-corrected chi connectivity index (χ4v) is 1.88. The van der Waals surface area contributed by atoms with Crippen LogP contribution in [-0.2, 0) is 0 Å². The van der Waals surface area contributed by atoms with Crippen LogP contribution in [0.25, 0.3) is 0 Å². The Labute approximate surface area is 120 Å². The van der Waals surface area contributed by atoms with E-state index in [4.69, 9.17) is 22.0 Å². The Morgan fingerprint density at radius 3 is 2.85 bits per heavy atom. The number of aromatic nitrogens is 1. The molecule has 2 atom stereocenters. The van der Waals surface area contributed by atoms with Crippen molar-refractivity contribution >= 4 is 23.5 Å². The van der Waals surface area contributed by atoms with E-state index in [2.05, 4.69) is 15.6 Å². The normalized spacial score (nSPS) is 13.2. The highest BCUT2D eigenvalue weighted by Crippen LogP contribution is 2.20. The van der Waals surface area contributed by atoms with Gasteiger partial charge < -0.3 is 15.7 Å². The van der Waals surface area contributed by atoms with Crippen LogP contribution in [0, 0.1) is 17.1 Å². The number of amides is 1. The highest BCUT2D eigenvalue weighted by molar-refractivity contribution is 6.30. The number of halogens is 2. The number of pyridine rings is 1. The number of rotatable bonds is 5. The second-order valence-corrected chi connectivity index (χ2v) is 4.52. The lowest BCUT2D eigenvalue weighted by Gasteiger charge is -2.24. The van der Waals surface area contributed by atoms with Crippen molar-refractivity contribution in [2.24, 2.45) is 0 Å². The zero-order chi connectivity index (χ0) is 15.3. The summed E-state index contributed by atoms with van der Waals surface area (Å²) in [5.41, 5.74) is -0.0573. The molecular weight excluding hydrogens is 287 g/mol. The van der Waals surface area contributed by atoms with Gasteiger partial charge in [0, 0.05) is 6.04 Å². The molecule has 0 aliphatic rings. The van der Waals surface area contributed by atoms with Crippen LogP contribution in [-0.4, -0.2) is 28.3 Å². The fraction of sp³-hybridized carbons (Fsp3) is 0.417. The summed E-state index contributed by atoms with van der Waals surface area (Å²) in [7, 11) is 0. The Morgan fingerprint density at radius 1 is 1.70 bits per heavy atom. The van der Waals surface area contributed by atoms with Crippen molar-refractivity contribution in [3.63, 3.8) is 0 Å². The van der Waals surface area contributed by atoms with E-state index >= 15 is 0 Å². The predicted molar refractivity (Wildman–Crippen MR) is 72.2 cm³/mol. The van der Waals surface area contributed by atoms with Crippen molar-refractivity contribution in [3.8, 4) is 6.07 Å². The van der Waals surface area contributed by atoms with Crippen LogP contribution in [0.4, 0.5) is 15.0 Å². The first-order chi connectivity index (χ1) is 9.38. The van der Waals surface area contributed by atoms with Gasteiger partial charge in [-0.3, -0.25) is 0 Å². The third-order valence-electron chi connectivity index (χ3n) is 2.77. The summed E-state index contributed by atoms with van der Waals surface area (Å²) in [6.07, 6.45) is -0.636. The van der Waals surface area contributed by atoms with Crippen LogP contribution in [0.15, 0.2) is 6.07 Å². The van der Waals surface area contributed by atoms with Crippen molar-refractivity contribution in [1.82, 2.24) is 10.3 Å². The van der Waals surface area contributed by atoms with Gasteiger partial charge in [0.05, 0.1) is 11.6 Å². The molecular formula is C12H14ClFN4O2. The molecule has 6 nitrogen and oxygen atoms in total. The van der Waals surface area contributed by atoms with Crippen molar-refractivity contribution < 1.29 is 14.3 Å². The number of nitrogens with zero attached hydrogens (tertiary/aromatic N) is 2. The Hall–Kier alpha value is -2.07. The first-order valence-corrected chi connectivity index (χ1v) is 6.29. The van der Waals surface area contributed by atoms with Gasteiger partial charge in [0.1, 0.15) is 11.2 Å². The second kappa shape index (κ2) is 6.91. The topological polar surface area (TPSA) is 98.0 Å². The number of carboxylic acid groups (broad SMARTS) is 1. The van der Waals surface area contributed by atoms with E-state index in [0.717, 1.165) is 6.07 Å². The van der Waals surface area contributed by atoms with Crippen molar-refractivity contribution in [1.29, 1.82) is 5.26 Å². The maximum atomic E-state index is 13.7. The number of anilines is 1. The van der Waals surface area contributed by atoms with Gasteiger partial charge in [0.25, 0.3) is 0 Å². The predicted octanol–water partition coefficient (Wildman–Crippen LogP) is 2.59. The molecule has 1 heterocycles. The quantitative estimate of drug-likeness (QED) is 0.726. The maximum Gasteiger partial charge on any atom is 0.404 e. The van der Waals surface area contributed by atoms with Gasteiger partial charge in [-0.1, -0.05) is 18.5 Å². The van der Waals surface area contributed by atoms with E-state index in [0.29, 0.717) is 6.42 Å². The summed E-state index contributed by atoms with van der Waals surface area (Å²) < 4.78 is 13.7. The Kier molecular flexibility index (Phi) is 5.53. The van der Waals surface area contributed by atoms with E-state index in [1.54, 1.807) is 19.9 Å². The molecule has 0 saturated carbocycles. The molecule has 3 N–H and O–H groups in total. The number of hydrogen-bond donors (Lipinski definition) is 3. The maximum absolute atomic E-state index is 13.7. The summed E-state index contributed by atoms with van der Waals surface area (Å²) >= 11 is 5.73. The first kappa shape index (κ1) is 16.0. The van der Waals surface area contributed by atoms with Gasteiger partial charge in [0.2, 0.25) is 0 Å². The Balaban J connectivity index is 2.90. The number of nitrogens with one attached hydrogen (secondary N) is 2. The van der Waals surface area contributed by atoms with Crippen LogP contribution in [0.3, 0.4) is 0 Å². The summed E-state index contributed by atoms with van der Waals surface area (Å²) in [6.45, 7) is 3.49. The second-order valence-electron chi connectivity index (χ2n) is 4.17. The summed E-state index contributed by atoms with van der Waals surface area (Å²) in [5, 5.41) is 22.4. The van der Waals surface area contributed by atoms with E-state index in [1.165, 1.54) is 0 Å². The van der Waals surface area contributed by atoms with Gasteiger partial charge in [-0.15, -0.1) is 0 Å². The smallest absolute Gasteiger partial charge is 0.404 e. The third-order valence-corrected chi connectivity index (χ3v) is 3.05. The molecule has 0 unspecified atom stereocenters. The lowest BCUT2D eigenvalue weighted by Crippen LogP contribution is -2.44. The van der Waals surface area contributed by atoms with Gasteiger partial charge in [-0.2, -0.15) is 5.26 Å². The highest BCUT2D eigenvalue weighted by atomic mass is 35.5. The van der Waals surface area contributed by atoms with Crippen LogP contribution < -0.4 is 10.6 Å². The van der Waals surface area contributed by atoms with Crippen LogP contribution in [0.1, 0.15) is 25.8 Å². The SMILES string of the molecule is CC[C@H](NC(=O)O)[C@@H](C)Nc1nc(Cl)c(C#N)cc1F. The average Bonchev–Trinajstić information content (AvgIpc) is 2.39. The summed E-state index contributed by atoms with van der Waals surface area (Å²) in [5.74, 6) is -0.838. The van der Waals surface area contributed by atoms with Gasteiger partial charge >= 0.3 is 6.09 Å². The van der Waals surface area contributed by atoms with E-state index in [-0.39, 0.29) is 16.5 Å². The molecule has 0 fully saturated rings. The molecule has 1 aromatic heterocycles. The zero-order valence-electron chi connectivity index (χ0n) is 10.9. The highest BCUT2D eigenvalue weighted by Gasteiger charge is 2.20. The van der Waals surface area contributed by atoms with Gasteiger partial charge in [-0.25, -0.2) is 14.2 Å². The molecule has 0 bridgehead atoms. The molecule has 0 aliphatic heterocycles. The molecule has 0 spiro atoms. The van der Waals surface area contributed by atoms with Crippen LogP contribution >= 0.6 is 11.6 Å². The largest absolute Gasteiger partial charge is 0.465 e. The van der Waals surface area contributed by atoms with Gasteiger partial charge in [-0.05, 0) is 19.4 Å². The lowest BCUT2D eigenvalue weighted by atomic mass is 10.1. The lowest BCUT2D eigenvalue weighted by molar-refractivity contribution is 0.188. The monoisotopic (exact) mass is 300 g/mol.